The van der Waals surface area contributed by atoms with E-state index in [4.69, 9.17) is 0 Å². The largest absolute Gasteiger partial charge is 0.316 e. The van der Waals surface area contributed by atoms with Crippen molar-refractivity contribution in [1.29, 1.82) is 0 Å². The molecule has 0 spiro atoms. The van der Waals surface area contributed by atoms with Crippen LogP contribution in [0.25, 0.3) is 16.7 Å². The van der Waals surface area contributed by atoms with Crippen LogP contribution in [0.15, 0.2) is 92.4 Å². The number of H-pyrrole nitrogens is 2. The number of aryl methyl sites for hydroxylation is 1. The second-order valence-electron chi connectivity index (χ2n) is 9.91. The first kappa shape index (κ1) is 30.3. The first-order valence-corrected chi connectivity index (χ1v) is 17.2. The number of carbonyl (C=O) groups excluding carboxylic acids is 1. The topological polar surface area (TPSA) is 151 Å². The van der Waals surface area contributed by atoms with Crippen LogP contribution in [0.4, 0.5) is 5.69 Å². The summed E-state index contributed by atoms with van der Waals surface area (Å²) in [5.41, 5.74) is 1.29. The van der Waals surface area contributed by atoms with Crippen LogP contribution in [-0.2, 0) is 19.4 Å². The van der Waals surface area contributed by atoms with E-state index in [0.29, 0.717) is 33.6 Å². The van der Waals surface area contributed by atoms with Gasteiger partial charge in [0.25, 0.3) is 0 Å². The predicted octanol–water partition coefficient (Wildman–Crippen LogP) is 4.26. The molecule has 1 amide bonds. The molecule has 0 atom stereocenters. The molecule has 5 aromatic rings. The smallest absolute Gasteiger partial charge is 0.314 e. The highest BCUT2D eigenvalue weighted by atomic mass is 33.1. The van der Waals surface area contributed by atoms with E-state index in [1.54, 1.807) is 9.47 Å². The van der Waals surface area contributed by atoms with E-state index >= 15 is 0 Å². The number of nitrogens with zero attached hydrogens (tertiary/aromatic N) is 4. The van der Waals surface area contributed by atoms with Crippen LogP contribution in [0.1, 0.15) is 25.2 Å². The molecule has 5 rings (SSSR count). The van der Waals surface area contributed by atoms with Gasteiger partial charge in [-0.05, 0) is 63.2 Å². The van der Waals surface area contributed by atoms with E-state index in [2.05, 4.69) is 20.2 Å². The monoisotopic (exact) mass is 636 g/mol. The van der Waals surface area contributed by atoms with E-state index in [-0.39, 0.29) is 33.3 Å². The zero-order valence-corrected chi connectivity index (χ0v) is 25.9. The number of thioether (sulfide) groups is 1. The van der Waals surface area contributed by atoms with Gasteiger partial charge < -0.3 is 14.9 Å². The highest BCUT2D eigenvalue weighted by Gasteiger charge is 2.25. The van der Waals surface area contributed by atoms with Gasteiger partial charge >= 0.3 is 11.1 Å². The first-order chi connectivity index (χ1) is 20.5. The molecular formula is C29H28N6O5S3. The molecule has 43 heavy (non-hydrogen) atoms. The van der Waals surface area contributed by atoms with E-state index in [1.807, 2.05) is 75.4 Å². The predicted molar refractivity (Wildman–Crippen MR) is 170 cm³/mol. The molecule has 2 aromatic heterocycles. The maximum atomic E-state index is 13.5. The average molecular weight is 637 g/mol. The fourth-order valence-electron chi connectivity index (χ4n) is 4.41. The Bertz CT molecular complexity index is 2000. The van der Waals surface area contributed by atoms with Gasteiger partial charge in [0.1, 0.15) is 5.82 Å². The molecule has 0 saturated carbocycles. The Morgan fingerprint density at radius 1 is 0.930 bits per heavy atom. The molecule has 0 aliphatic heterocycles. The summed E-state index contributed by atoms with van der Waals surface area (Å²) in [7, 11) is -3.51. The maximum Gasteiger partial charge on any atom is 0.314 e. The summed E-state index contributed by atoms with van der Waals surface area (Å²) in [5.74, 6) is 0.917. The fourth-order valence-corrected chi connectivity index (χ4v) is 7.86. The van der Waals surface area contributed by atoms with Crippen LogP contribution in [0.2, 0.25) is 0 Å². The third-order valence-corrected chi connectivity index (χ3v) is 10.5. The summed E-state index contributed by atoms with van der Waals surface area (Å²) in [4.78, 5) is 43.1. The lowest BCUT2D eigenvalue weighted by Crippen LogP contribution is -2.38. The normalized spacial score (nSPS) is 11.7. The van der Waals surface area contributed by atoms with Crippen molar-refractivity contribution < 1.29 is 13.2 Å². The van der Waals surface area contributed by atoms with Gasteiger partial charge in [0.15, 0.2) is 0 Å². The van der Waals surface area contributed by atoms with Gasteiger partial charge in [0.2, 0.25) is 19.9 Å². The number of benzene rings is 3. The molecule has 14 heteroatoms. The molecular weight excluding hydrogens is 609 g/mol. The molecule has 11 nitrogen and oxygen atoms in total. The number of nitrogens with one attached hydrogen (secondary N) is 2. The summed E-state index contributed by atoms with van der Waals surface area (Å²) in [6.45, 7) is 5.86. The lowest BCUT2D eigenvalue weighted by atomic mass is 10.2. The Kier molecular flexibility index (Phi) is 8.89. The van der Waals surface area contributed by atoms with Crippen molar-refractivity contribution in [3.05, 3.63) is 105 Å². The van der Waals surface area contributed by atoms with Gasteiger partial charge in [0, 0.05) is 17.4 Å². The van der Waals surface area contributed by atoms with Gasteiger partial charge in [-0.25, -0.2) is 8.42 Å². The van der Waals surface area contributed by atoms with Crippen molar-refractivity contribution in [3.8, 4) is 5.69 Å². The fraction of sp³-hybridized carbons (Fsp3) is 0.207. The van der Waals surface area contributed by atoms with E-state index in [1.165, 1.54) is 30.0 Å². The van der Waals surface area contributed by atoms with E-state index in [9.17, 15) is 22.8 Å². The van der Waals surface area contributed by atoms with Crippen LogP contribution in [0.3, 0.4) is 0 Å². The summed E-state index contributed by atoms with van der Waals surface area (Å²) >= 11 is 1.36. The van der Waals surface area contributed by atoms with Gasteiger partial charge in [-0.3, -0.25) is 19.0 Å². The Hall–Kier alpha value is -4.14. The zero-order chi connectivity index (χ0) is 30.7. The SMILES string of the molecule is Cc1ccc(-n2c(CSCC(=O)N(c3ccccc3)C(C)C)nnc2SS(=O)(=O)c2ccc3[nH]c(=O)c(=O)[nH]c3c2)cc1. The summed E-state index contributed by atoms with van der Waals surface area (Å²) < 4.78 is 28.6. The Labute approximate surface area is 255 Å². The minimum Gasteiger partial charge on any atom is -0.316 e. The highest BCUT2D eigenvalue weighted by Crippen LogP contribution is 2.33. The second-order valence-corrected chi connectivity index (χ2v) is 14.6. The molecule has 0 aliphatic rings. The third kappa shape index (κ3) is 6.76. The lowest BCUT2D eigenvalue weighted by Gasteiger charge is -2.26. The number of para-hydroxylation sites is 1. The van der Waals surface area contributed by atoms with Gasteiger partial charge in [-0.1, -0.05) is 35.9 Å². The van der Waals surface area contributed by atoms with Crippen molar-refractivity contribution in [2.24, 2.45) is 0 Å². The minimum absolute atomic E-state index is 0.0342. The lowest BCUT2D eigenvalue weighted by molar-refractivity contribution is -0.116. The number of aromatic nitrogens is 5. The van der Waals surface area contributed by atoms with Crippen LogP contribution in [-0.4, -0.2) is 50.9 Å². The van der Waals surface area contributed by atoms with Crippen LogP contribution < -0.4 is 16.0 Å². The molecule has 3 aromatic carbocycles. The van der Waals surface area contributed by atoms with Gasteiger partial charge in [0.05, 0.1) is 38.2 Å². The van der Waals surface area contributed by atoms with Crippen molar-refractivity contribution in [1.82, 2.24) is 24.7 Å². The van der Waals surface area contributed by atoms with E-state index in [0.717, 1.165) is 11.3 Å². The number of rotatable bonds is 10. The van der Waals surface area contributed by atoms with Crippen LogP contribution in [0, 0.1) is 6.92 Å². The molecule has 0 fully saturated rings. The quantitative estimate of drug-likeness (QED) is 0.169. The van der Waals surface area contributed by atoms with Crippen molar-refractivity contribution in [3.63, 3.8) is 0 Å². The molecule has 0 radical (unpaired) electrons. The summed E-state index contributed by atoms with van der Waals surface area (Å²) in [5, 5.41) is 8.62. The summed E-state index contributed by atoms with van der Waals surface area (Å²) in [6, 6.07) is 21.0. The number of hydrogen-bond acceptors (Lipinski definition) is 9. The number of anilines is 1. The molecule has 0 aliphatic carbocycles. The van der Waals surface area contributed by atoms with Gasteiger partial charge in [-0.2, -0.15) is 0 Å². The highest BCUT2D eigenvalue weighted by molar-refractivity contribution is 8.72. The first-order valence-electron chi connectivity index (χ1n) is 13.2. The minimum atomic E-state index is -4.03. The van der Waals surface area contributed by atoms with Crippen LogP contribution >= 0.6 is 22.6 Å². The second kappa shape index (κ2) is 12.6. The number of carbonyl (C=O) groups is 1. The maximum absolute atomic E-state index is 13.5. The van der Waals surface area contributed by atoms with Crippen molar-refractivity contribution in [2.75, 3.05) is 10.7 Å². The van der Waals surface area contributed by atoms with E-state index < -0.39 is 20.0 Å². The van der Waals surface area contributed by atoms with Crippen molar-refractivity contribution in [2.45, 2.75) is 42.6 Å². The number of amides is 1. The number of aromatic amines is 2. The molecule has 0 unspecified atom stereocenters. The Morgan fingerprint density at radius 2 is 1.60 bits per heavy atom. The van der Waals surface area contributed by atoms with Gasteiger partial charge in [-0.15, -0.1) is 22.0 Å². The van der Waals surface area contributed by atoms with Crippen LogP contribution in [0.5, 0.6) is 0 Å². The standard InChI is InChI=1S/C29H28N6O5S3/c1-18(2)34(20-7-5-4-6-8-20)26(36)17-41-16-25-32-33-29(35(25)21-11-9-19(3)10-12-21)42-43(39,40)22-13-14-23-24(15-22)31-28(38)27(37)30-23/h4-15,18H,16-17H2,1-3H3,(H,30,37)(H,31,38). The number of fused-ring (bicyclic) bond motifs is 1. The Morgan fingerprint density at radius 3 is 2.28 bits per heavy atom. The summed E-state index contributed by atoms with van der Waals surface area (Å²) in [6.07, 6.45) is 0. The molecule has 0 saturated heterocycles. The average Bonchev–Trinajstić information content (AvgIpc) is 3.35. The molecule has 0 bridgehead atoms. The molecule has 2 heterocycles. The third-order valence-electron chi connectivity index (χ3n) is 6.44. The number of hydrogen-bond donors (Lipinski definition) is 2. The molecule has 2 N–H and O–H groups in total. The Balaban J connectivity index is 1.41. The molecule has 222 valence electrons. The van der Waals surface area contributed by atoms with Crippen molar-refractivity contribution >= 4 is 54.1 Å². The zero-order valence-electron chi connectivity index (χ0n) is 23.5.